The number of benzene rings is 2. The zero-order valence-corrected chi connectivity index (χ0v) is 12.8. The van der Waals surface area contributed by atoms with Crippen molar-refractivity contribution >= 4 is 0 Å². The van der Waals surface area contributed by atoms with Crippen LogP contribution in [0.15, 0.2) is 36.4 Å². The molecule has 0 spiro atoms. The molecular weight excluding hydrogens is 265 g/mol. The highest BCUT2D eigenvalue weighted by Crippen LogP contribution is 2.31. The van der Waals surface area contributed by atoms with Crippen LogP contribution in [0.2, 0.25) is 0 Å². The molecule has 2 N–H and O–H groups in total. The van der Waals surface area contributed by atoms with Gasteiger partial charge >= 0.3 is 0 Å². The molecule has 0 fully saturated rings. The van der Waals surface area contributed by atoms with Crippen LogP contribution in [-0.4, -0.2) is 0 Å². The molecule has 0 aliphatic rings. The molecule has 0 heterocycles. The average molecular weight is 287 g/mol. The third-order valence-electron chi connectivity index (χ3n) is 3.47. The largest absolute Gasteiger partial charge is 0.457 e. The number of halogens is 1. The van der Waals surface area contributed by atoms with E-state index in [1.54, 1.807) is 13.0 Å². The Balaban J connectivity index is 2.28. The van der Waals surface area contributed by atoms with Gasteiger partial charge in [0, 0.05) is 11.6 Å². The second-order valence-electron chi connectivity index (χ2n) is 5.42. The Morgan fingerprint density at radius 1 is 1.19 bits per heavy atom. The monoisotopic (exact) mass is 287 g/mol. The minimum atomic E-state index is -0.283. The molecule has 0 aliphatic heterocycles. The predicted octanol–water partition coefficient (Wildman–Crippen LogP) is 4.90. The van der Waals surface area contributed by atoms with Crippen molar-refractivity contribution in [2.45, 2.75) is 39.7 Å². The maximum Gasteiger partial charge on any atom is 0.132 e. The van der Waals surface area contributed by atoms with E-state index in [0.717, 1.165) is 18.6 Å². The predicted molar refractivity (Wildman–Crippen MR) is 84.3 cm³/mol. The van der Waals surface area contributed by atoms with Gasteiger partial charge < -0.3 is 10.5 Å². The summed E-state index contributed by atoms with van der Waals surface area (Å²) in [6, 6.07) is 10.9. The van der Waals surface area contributed by atoms with Gasteiger partial charge in [0.15, 0.2) is 0 Å². The van der Waals surface area contributed by atoms with Gasteiger partial charge in [0.2, 0.25) is 0 Å². The number of hydrogen-bond acceptors (Lipinski definition) is 2. The summed E-state index contributed by atoms with van der Waals surface area (Å²) in [6.45, 7) is 5.69. The standard InChI is InChI=1S/C18H22FNO/c1-4-5-14-6-8-15(9-7-14)21-18-10-12(2)17(19)11-16(18)13(3)20/h6-11,13H,4-5,20H2,1-3H3/t13-/m0/s1. The van der Waals surface area contributed by atoms with Crippen LogP contribution in [0.1, 0.15) is 43.0 Å². The van der Waals surface area contributed by atoms with Gasteiger partial charge in [0.05, 0.1) is 0 Å². The van der Waals surface area contributed by atoms with Gasteiger partial charge in [0.25, 0.3) is 0 Å². The summed E-state index contributed by atoms with van der Waals surface area (Å²) >= 11 is 0. The van der Waals surface area contributed by atoms with Gasteiger partial charge in [0.1, 0.15) is 17.3 Å². The summed E-state index contributed by atoms with van der Waals surface area (Å²) in [4.78, 5) is 0. The molecule has 1 atom stereocenters. The van der Waals surface area contributed by atoms with E-state index in [9.17, 15) is 4.39 Å². The van der Waals surface area contributed by atoms with Crippen LogP contribution in [0.4, 0.5) is 4.39 Å². The van der Waals surface area contributed by atoms with Crippen LogP contribution < -0.4 is 10.5 Å². The van der Waals surface area contributed by atoms with Gasteiger partial charge in [-0.3, -0.25) is 0 Å². The number of rotatable bonds is 5. The molecule has 3 heteroatoms. The van der Waals surface area contributed by atoms with Crippen molar-refractivity contribution in [1.82, 2.24) is 0 Å². The van der Waals surface area contributed by atoms with Crippen LogP contribution >= 0.6 is 0 Å². The zero-order chi connectivity index (χ0) is 15.4. The molecule has 112 valence electrons. The first-order valence-electron chi connectivity index (χ1n) is 7.33. The quantitative estimate of drug-likeness (QED) is 0.849. The highest BCUT2D eigenvalue weighted by Gasteiger charge is 2.13. The minimum absolute atomic E-state index is 0.257. The molecule has 0 aliphatic carbocycles. The number of ether oxygens (including phenoxy) is 1. The summed E-state index contributed by atoms with van der Waals surface area (Å²) in [5, 5.41) is 0. The van der Waals surface area contributed by atoms with Gasteiger partial charge in [-0.25, -0.2) is 4.39 Å². The zero-order valence-electron chi connectivity index (χ0n) is 12.8. The third-order valence-corrected chi connectivity index (χ3v) is 3.47. The van der Waals surface area contributed by atoms with Crippen LogP contribution in [0, 0.1) is 12.7 Å². The molecule has 0 bridgehead atoms. The Bertz CT molecular complexity index is 605. The maximum atomic E-state index is 13.7. The fraction of sp³-hybridized carbons (Fsp3) is 0.333. The van der Waals surface area contributed by atoms with Crippen LogP contribution in [0.3, 0.4) is 0 Å². The second-order valence-corrected chi connectivity index (χ2v) is 5.42. The average Bonchev–Trinajstić information content (AvgIpc) is 2.44. The topological polar surface area (TPSA) is 35.2 Å². The number of aryl methyl sites for hydroxylation is 2. The van der Waals surface area contributed by atoms with Crippen LogP contribution in [-0.2, 0) is 6.42 Å². The minimum Gasteiger partial charge on any atom is -0.457 e. The van der Waals surface area contributed by atoms with E-state index < -0.39 is 0 Å². The molecule has 0 unspecified atom stereocenters. The lowest BCUT2D eigenvalue weighted by Gasteiger charge is -2.15. The lowest BCUT2D eigenvalue weighted by molar-refractivity contribution is 0.468. The van der Waals surface area contributed by atoms with E-state index in [2.05, 4.69) is 19.1 Å². The Kier molecular flexibility index (Phi) is 4.97. The third kappa shape index (κ3) is 3.82. The first-order chi connectivity index (χ1) is 10.0. The molecule has 0 amide bonds. The van der Waals surface area contributed by atoms with Gasteiger partial charge in [-0.2, -0.15) is 0 Å². The van der Waals surface area contributed by atoms with Crippen molar-refractivity contribution in [3.05, 3.63) is 58.9 Å². The van der Waals surface area contributed by atoms with Gasteiger partial charge in [-0.05, 0) is 55.7 Å². The van der Waals surface area contributed by atoms with Crippen LogP contribution in [0.5, 0.6) is 11.5 Å². The lowest BCUT2D eigenvalue weighted by Crippen LogP contribution is -2.08. The smallest absolute Gasteiger partial charge is 0.132 e. The Morgan fingerprint density at radius 3 is 2.43 bits per heavy atom. The Labute approximate surface area is 125 Å². The van der Waals surface area contributed by atoms with E-state index in [0.29, 0.717) is 16.9 Å². The Hall–Kier alpha value is -1.87. The highest BCUT2D eigenvalue weighted by atomic mass is 19.1. The molecule has 2 aromatic rings. The van der Waals surface area contributed by atoms with E-state index in [1.165, 1.54) is 11.6 Å². The van der Waals surface area contributed by atoms with E-state index in [4.69, 9.17) is 10.5 Å². The Morgan fingerprint density at radius 2 is 1.86 bits per heavy atom. The normalized spacial score (nSPS) is 12.2. The number of nitrogens with two attached hydrogens (primary N) is 1. The SMILES string of the molecule is CCCc1ccc(Oc2cc(C)c(F)cc2[C@H](C)N)cc1. The van der Waals surface area contributed by atoms with Crippen molar-refractivity contribution < 1.29 is 9.13 Å². The molecule has 21 heavy (non-hydrogen) atoms. The molecule has 2 rings (SSSR count). The van der Waals surface area contributed by atoms with E-state index >= 15 is 0 Å². The summed E-state index contributed by atoms with van der Waals surface area (Å²) in [6.07, 6.45) is 2.17. The molecule has 0 radical (unpaired) electrons. The first kappa shape index (κ1) is 15.5. The van der Waals surface area contributed by atoms with Gasteiger partial charge in [-0.1, -0.05) is 25.5 Å². The molecule has 2 nitrogen and oxygen atoms in total. The fourth-order valence-corrected chi connectivity index (χ4v) is 2.25. The summed E-state index contributed by atoms with van der Waals surface area (Å²) in [5.74, 6) is 1.10. The van der Waals surface area contributed by atoms with Gasteiger partial charge in [-0.15, -0.1) is 0 Å². The van der Waals surface area contributed by atoms with Crippen molar-refractivity contribution in [3.63, 3.8) is 0 Å². The first-order valence-corrected chi connectivity index (χ1v) is 7.33. The molecule has 0 aromatic heterocycles. The summed E-state index contributed by atoms with van der Waals surface area (Å²) in [5.41, 5.74) is 8.42. The lowest BCUT2D eigenvalue weighted by atomic mass is 10.0. The van der Waals surface area contributed by atoms with Crippen molar-refractivity contribution in [3.8, 4) is 11.5 Å². The maximum absolute atomic E-state index is 13.7. The molecular formula is C18H22FNO. The van der Waals surface area contributed by atoms with Crippen molar-refractivity contribution in [2.75, 3.05) is 0 Å². The number of hydrogen-bond donors (Lipinski definition) is 1. The van der Waals surface area contributed by atoms with E-state index in [1.807, 2.05) is 19.1 Å². The second kappa shape index (κ2) is 6.72. The molecule has 2 aromatic carbocycles. The molecule has 0 saturated carbocycles. The van der Waals surface area contributed by atoms with E-state index in [-0.39, 0.29) is 11.9 Å². The molecule has 0 saturated heterocycles. The summed E-state index contributed by atoms with van der Waals surface area (Å²) < 4.78 is 19.6. The summed E-state index contributed by atoms with van der Waals surface area (Å²) in [7, 11) is 0. The van der Waals surface area contributed by atoms with Crippen molar-refractivity contribution in [1.29, 1.82) is 0 Å². The van der Waals surface area contributed by atoms with Crippen LogP contribution in [0.25, 0.3) is 0 Å². The van der Waals surface area contributed by atoms with Crippen molar-refractivity contribution in [2.24, 2.45) is 5.73 Å². The highest BCUT2D eigenvalue weighted by molar-refractivity contribution is 5.43. The fourth-order valence-electron chi connectivity index (χ4n) is 2.25.